The standard InChI is InChI=1S/C29H25F7N4O3/c1-27(2)24(41)22(26(43)40(39(27)4)14-16-6-5-7-19(30)23(16)31)25(42)38-20-12-17(28(3,32)33)9-10-18(20)15-8-11-21(37-13-15)29(34,35)36/h5-13,41H,14H2,1-4H3,(H,38,42). The highest BCUT2D eigenvalue weighted by Crippen LogP contribution is 2.38. The lowest BCUT2D eigenvalue weighted by molar-refractivity contribution is -0.160. The van der Waals surface area contributed by atoms with Crippen LogP contribution >= 0.6 is 0 Å². The van der Waals surface area contributed by atoms with Crippen LogP contribution in [0.2, 0.25) is 0 Å². The van der Waals surface area contributed by atoms with Crippen molar-refractivity contribution < 1.29 is 45.4 Å². The lowest BCUT2D eigenvalue weighted by atomic mass is 9.93. The molecule has 14 heteroatoms. The number of anilines is 1. The van der Waals surface area contributed by atoms with Crippen molar-refractivity contribution in [2.75, 3.05) is 12.4 Å². The van der Waals surface area contributed by atoms with E-state index in [1.807, 2.05) is 0 Å². The highest BCUT2D eigenvalue weighted by Gasteiger charge is 2.46. The number of hydrogen-bond acceptors (Lipinski definition) is 5. The number of alkyl halides is 5. The first-order valence-corrected chi connectivity index (χ1v) is 12.6. The predicted octanol–water partition coefficient (Wildman–Crippen LogP) is 6.58. The SMILES string of the molecule is CN1N(Cc2cccc(F)c2F)C(=O)C(C(=O)Nc2cc(C(C)(F)F)ccc2-c2ccc(C(F)(F)F)nc2)=C(O)C1(C)C. The van der Waals surface area contributed by atoms with Gasteiger partial charge in [0.15, 0.2) is 11.6 Å². The fraction of sp³-hybridized carbons (Fsp3) is 0.276. The van der Waals surface area contributed by atoms with E-state index in [9.17, 15) is 45.4 Å². The second-order valence-electron chi connectivity index (χ2n) is 10.4. The predicted molar refractivity (Wildman–Crippen MR) is 141 cm³/mol. The minimum atomic E-state index is -4.74. The van der Waals surface area contributed by atoms with Crippen LogP contribution in [0.5, 0.6) is 0 Å². The molecule has 4 rings (SSSR count). The summed E-state index contributed by atoms with van der Waals surface area (Å²) < 4.78 is 95.8. The molecule has 1 aliphatic rings. The van der Waals surface area contributed by atoms with Crippen LogP contribution < -0.4 is 5.32 Å². The van der Waals surface area contributed by atoms with Gasteiger partial charge in [-0.15, -0.1) is 0 Å². The van der Waals surface area contributed by atoms with Crippen LogP contribution in [0.4, 0.5) is 36.4 Å². The molecule has 2 amide bonds. The maximum atomic E-state index is 14.5. The van der Waals surface area contributed by atoms with E-state index >= 15 is 0 Å². The lowest BCUT2D eigenvalue weighted by Crippen LogP contribution is -2.60. The molecule has 0 bridgehead atoms. The molecule has 2 N–H and O–H groups in total. The Balaban J connectivity index is 1.77. The number of carbonyl (C=O) groups is 2. The smallest absolute Gasteiger partial charge is 0.433 e. The first-order valence-electron chi connectivity index (χ1n) is 12.6. The van der Waals surface area contributed by atoms with Gasteiger partial charge in [-0.3, -0.25) is 19.6 Å². The van der Waals surface area contributed by atoms with Gasteiger partial charge in [0.05, 0.1) is 12.1 Å². The molecule has 43 heavy (non-hydrogen) atoms. The molecule has 1 aromatic heterocycles. The molecule has 2 heterocycles. The Morgan fingerprint density at radius 3 is 2.30 bits per heavy atom. The fourth-order valence-electron chi connectivity index (χ4n) is 4.42. The van der Waals surface area contributed by atoms with Gasteiger partial charge in [-0.2, -0.15) is 13.2 Å². The number of benzene rings is 2. The minimum Gasteiger partial charge on any atom is -0.509 e. The number of nitrogens with one attached hydrogen (secondary N) is 1. The molecule has 0 saturated heterocycles. The summed E-state index contributed by atoms with van der Waals surface area (Å²) in [5.74, 6) is -8.85. The number of likely N-dealkylation sites (N-methyl/N-ethyl adjacent to an activating group) is 1. The van der Waals surface area contributed by atoms with Crippen molar-refractivity contribution in [3.63, 3.8) is 0 Å². The normalized spacial score (nSPS) is 16.1. The molecule has 228 valence electrons. The van der Waals surface area contributed by atoms with Gasteiger partial charge < -0.3 is 10.4 Å². The molecule has 1 aliphatic heterocycles. The van der Waals surface area contributed by atoms with Crippen LogP contribution in [0.1, 0.15) is 37.6 Å². The molecular weight excluding hydrogens is 585 g/mol. The van der Waals surface area contributed by atoms with Crippen LogP contribution in [-0.4, -0.2) is 44.5 Å². The van der Waals surface area contributed by atoms with Crippen molar-refractivity contribution in [1.82, 2.24) is 15.0 Å². The zero-order valence-electron chi connectivity index (χ0n) is 23.2. The average Bonchev–Trinajstić information content (AvgIpc) is 2.92. The first-order chi connectivity index (χ1) is 19.8. The molecule has 0 atom stereocenters. The topological polar surface area (TPSA) is 85.8 Å². The van der Waals surface area contributed by atoms with E-state index < -0.39 is 70.2 Å². The molecular formula is C29H25F7N4O3. The van der Waals surface area contributed by atoms with Crippen LogP contribution in [-0.2, 0) is 28.2 Å². The highest BCUT2D eigenvalue weighted by molar-refractivity contribution is 6.24. The first kappa shape index (κ1) is 31.5. The summed E-state index contributed by atoms with van der Waals surface area (Å²) in [7, 11) is 1.38. The van der Waals surface area contributed by atoms with E-state index in [2.05, 4.69) is 10.3 Å². The third kappa shape index (κ3) is 6.05. The monoisotopic (exact) mass is 610 g/mol. The molecule has 0 saturated carbocycles. The Bertz CT molecular complexity index is 1610. The van der Waals surface area contributed by atoms with Crippen LogP contribution in [0.3, 0.4) is 0 Å². The average molecular weight is 611 g/mol. The van der Waals surface area contributed by atoms with E-state index in [4.69, 9.17) is 0 Å². The molecule has 3 aromatic rings. The Hall–Kier alpha value is -4.46. The van der Waals surface area contributed by atoms with Crippen molar-refractivity contribution >= 4 is 17.5 Å². The van der Waals surface area contributed by atoms with Crippen LogP contribution in [0, 0.1) is 11.6 Å². The van der Waals surface area contributed by atoms with E-state index in [0.717, 1.165) is 41.5 Å². The quantitative estimate of drug-likeness (QED) is 0.244. The third-order valence-electron chi connectivity index (χ3n) is 7.15. The number of hydrogen-bond donors (Lipinski definition) is 2. The van der Waals surface area contributed by atoms with Crippen LogP contribution in [0.15, 0.2) is 66.1 Å². The van der Waals surface area contributed by atoms with Gasteiger partial charge >= 0.3 is 6.18 Å². The summed E-state index contributed by atoms with van der Waals surface area (Å²) in [5, 5.41) is 15.5. The number of hydrazine groups is 1. The molecule has 0 radical (unpaired) electrons. The Kier molecular flexibility index (Phi) is 8.04. The largest absolute Gasteiger partial charge is 0.509 e. The Labute approximate surface area is 241 Å². The summed E-state index contributed by atoms with van der Waals surface area (Å²) in [6.07, 6.45) is -3.90. The summed E-state index contributed by atoms with van der Waals surface area (Å²) >= 11 is 0. The summed E-state index contributed by atoms with van der Waals surface area (Å²) in [6.45, 7) is 2.93. The fourth-order valence-corrected chi connectivity index (χ4v) is 4.42. The number of rotatable bonds is 6. The Morgan fingerprint density at radius 2 is 1.72 bits per heavy atom. The highest BCUT2D eigenvalue weighted by atomic mass is 19.4. The number of nitrogens with zero attached hydrogens (tertiary/aromatic N) is 3. The molecule has 0 spiro atoms. The van der Waals surface area contributed by atoms with Crippen molar-refractivity contribution in [3.05, 3.63) is 94.5 Å². The van der Waals surface area contributed by atoms with Crippen molar-refractivity contribution in [3.8, 4) is 11.1 Å². The summed E-state index contributed by atoms with van der Waals surface area (Å²) in [4.78, 5) is 30.4. The number of halogens is 7. The Morgan fingerprint density at radius 1 is 1.05 bits per heavy atom. The van der Waals surface area contributed by atoms with Gasteiger partial charge in [0, 0.05) is 48.1 Å². The number of pyridine rings is 1. The summed E-state index contributed by atoms with van der Waals surface area (Å²) in [6, 6.07) is 8.07. The zero-order valence-corrected chi connectivity index (χ0v) is 23.2. The maximum absolute atomic E-state index is 14.5. The second kappa shape index (κ2) is 11.0. The molecule has 0 aliphatic carbocycles. The number of aliphatic hydroxyl groups excluding tert-OH is 1. The maximum Gasteiger partial charge on any atom is 0.433 e. The minimum absolute atomic E-state index is 0.0130. The van der Waals surface area contributed by atoms with Gasteiger partial charge in [0.1, 0.15) is 17.0 Å². The van der Waals surface area contributed by atoms with Gasteiger partial charge in [-0.25, -0.2) is 22.6 Å². The second-order valence-corrected chi connectivity index (χ2v) is 10.4. The molecule has 2 aromatic carbocycles. The summed E-state index contributed by atoms with van der Waals surface area (Å²) in [5.41, 5.74) is -4.57. The van der Waals surface area contributed by atoms with Gasteiger partial charge in [-0.05, 0) is 32.0 Å². The lowest BCUT2D eigenvalue weighted by Gasteiger charge is -2.46. The number of aliphatic hydroxyl groups is 1. The van der Waals surface area contributed by atoms with E-state index in [-0.39, 0.29) is 22.4 Å². The molecule has 0 unspecified atom stereocenters. The van der Waals surface area contributed by atoms with Crippen molar-refractivity contribution in [1.29, 1.82) is 0 Å². The van der Waals surface area contributed by atoms with Crippen molar-refractivity contribution in [2.24, 2.45) is 0 Å². The molecule has 7 nitrogen and oxygen atoms in total. The number of aromatic nitrogens is 1. The van der Waals surface area contributed by atoms with Crippen LogP contribution in [0.25, 0.3) is 11.1 Å². The van der Waals surface area contributed by atoms with E-state index in [1.165, 1.54) is 38.0 Å². The van der Waals surface area contributed by atoms with Gasteiger partial charge in [-0.1, -0.05) is 30.3 Å². The van der Waals surface area contributed by atoms with Crippen molar-refractivity contribution in [2.45, 2.75) is 45.0 Å². The number of amides is 2. The third-order valence-corrected chi connectivity index (χ3v) is 7.15. The number of carbonyl (C=O) groups excluding carboxylic acids is 2. The molecule has 0 fully saturated rings. The van der Waals surface area contributed by atoms with E-state index in [0.29, 0.717) is 13.0 Å². The van der Waals surface area contributed by atoms with Gasteiger partial charge in [0.25, 0.3) is 17.7 Å². The zero-order chi connectivity index (χ0) is 32.1. The van der Waals surface area contributed by atoms with E-state index in [1.54, 1.807) is 0 Å². The van der Waals surface area contributed by atoms with Gasteiger partial charge in [0.2, 0.25) is 0 Å².